The van der Waals surface area contributed by atoms with Gasteiger partial charge in [0.05, 0.1) is 9.21 Å². The Balaban J connectivity index is 2.66. The Morgan fingerprint density at radius 3 is 2.77 bits per heavy atom. The summed E-state index contributed by atoms with van der Waals surface area (Å²) in [5.74, 6) is 0.224. The van der Waals surface area contributed by atoms with E-state index in [0.717, 1.165) is 27.6 Å². The molecule has 0 aliphatic rings. The van der Waals surface area contributed by atoms with Crippen LogP contribution in [0.1, 0.15) is 41.4 Å². The number of unbranched alkanes of at least 4 members (excludes halogenated alkanes) is 1. The Morgan fingerprint density at radius 1 is 1.62 bits per heavy atom. The van der Waals surface area contributed by atoms with Gasteiger partial charge < -0.3 is 0 Å². The van der Waals surface area contributed by atoms with Gasteiger partial charge in [0.1, 0.15) is 0 Å². The number of thiophene rings is 1. The molecule has 0 aliphatic carbocycles. The van der Waals surface area contributed by atoms with Crippen LogP contribution in [0.25, 0.3) is 0 Å². The van der Waals surface area contributed by atoms with Gasteiger partial charge in [-0.1, -0.05) is 24.9 Å². The second-order valence-electron chi connectivity index (χ2n) is 3.09. The Kier molecular flexibility index (Phi) is 3.94. The van der Waals surface area contributed by atoms with Crippen molar-refractivity contribution in [3.05, 3.63) is 20.8 Å². The van der Waals surface area contributed by atoms with Crippen LogP contribution in [0.4, 0.5) is 0 Å². The second kappa shape index (κ2) is 4.77. The van der Waals surface area contributed by atoms with Crippen LogP contribution in [-0.2, 0) is 0 Å². The number of hydrogen-bond acceptors (Lipinski definition) is 2. The van der Waals surface area contributed by atoms with Gasteiger partial charge in [0, 0.05) is 6.42 Å². The van der Waals surface area contributed by atoms with Crippen LogP contribution in [0.3, 0.4) is 0 Å². The van der Waals surface area contributed by atoms with E-state index in [1.165, 1.54) is 11.3 Å². The maximum Gasteiger partial charge on any atom is 0.172 e. The summed E-state index contributed by atoms with van der Waals surface area (Å²) in [6.07, 6.45) is 2.67. The highest BCUT2D eigenvalue weighted by molar-refractivity contribution is 7.18. The van der Waals surface area contributed by atoms with Crippen molar-refractivity contribution >= 4 is 28.7 Å². The van der Waals surface area contributed by atoms with E-state index in [9.17, 15) is 4.79 Å². The van der Waals surface area contributed by atoms with Crippen molar-refractivity contribution in [2.45, 2.75) is 33.1 Å². The van der Waals surface area contributed by atoms with Crippen molar-refractivity contribution in [1.82, 2.24) is 0 Å². The average molecular weight is 217 g/mol. The van der Waals surface area contributed by atoms with Gasteiger partial charge in [-0.3, -0.25) is 4.79 Å². The number of Topliss-reactive ketones (excluding diaryl/α,β-unsaturated/α-hetero) is 1. The Bertz CT molecular complexity index is 284. The van der Waals surface area contributed by atoms with Crippen LogP contribution in [0, 0.1) is 6.92 Å². The molecule has 0 spiro atoms. The first kappa shape index (κ1) is 10.7. The number of aryl methyl sites for hydroxylation is 1. The predicted octanol–water partition coefficient (Wildman–Crippen LogP) is 4.08. The lowest BCUT2D eigenvalue weighted by Crippen LogP contribution is -1.94. The third-order valence-corrected chi connectivity index (χ3v) is 3.49. The molecule has 1 rings (SSSR count). The van der Waals surface area contributed by atoms with Crippen LogP contribution in [0.15, 0.2) is 6.07 Å². The lowest BCUT2D eigenvalue weighted by molar-refractivity contribution is 0.0983. The molecule has 72 valence electrons. The first-order valence-corrected chi connectivity index (χ1v) is 5.63. The summed E-state index contributed by atoms with van der Waals surface area (Å²) in [5, 5.41) is 0. The van der Waals surface area contributed by atoms with Gasteiger partial charge in [-0.2, -0.15) is 0 Å². The van der Waals surface area contributed by atoms with Gasteiger partial charge in [-0.15, -0.1) is 11.3 Å². The number of hydrogen-bond donors (Lipinski definition) is 0. The van der Waals surface area contributed by atoms with E-state index < -0.39 is 0 Å². The van der Waals surface area contributed by atoms with Crippen LogP contribution >= 0.6 is 22.9 Å². The number of halogens is 1. The van der Waals surface area contributed by atoms with Gasteiger partial charge >= 0.3 is 0 Å². The summed E-state index contributed by atoms with van der Waals surface area (Å²) < 4.78 is 0.736. The molecule has 0 aromatic carbocycles. The monoisotopic (exact) mass is 216 g/mol. The van der Waals surface area contributed by atoms with E-state index in [4.69, 9.17) is 11.6 Å². The molecule has 1 heterocycles. The quantitative estimate of drug-likeness (QED) is 0.694. The fourth-order valence-electron chi connectivity index (χ4n) is 1.06. The summed E-state index contributed by atoms with van der Waals surface area (Å²) in [6, 6.07) is 1.88. The number of carbonyl (C=O) groups is 1. The molecule has 1 nitrogen and oxygen atoms in total. The standard InChI is InChI=1S/C10H13ClOS/c1-3-4-5-8(12)9-6-7(2)10(11)13-9/h6H,3-5H2,1-2H3. The van der Waals surface area contributed by atoms with Crippen LogP contribution in [0.2, 0.25) is 4.34 Å². The molecule has 0 saturated heterocycles. The Morgan fingerprint density at radius 2 is 2.31 bits per heavy atom. The number of ketones is 1. The first-order chi connectivity index (χ1) is 6.15. The van der Waals surface area contributed by atoms with Crippen molar-refractivity contribution in [3.63, 3.8) is 0 Å². The number of carbonyl (C=O) groups excluding carboxylic acids is 1. The molecule has 0 amide bonds. The summed E-state index contributed by atoms with van der Waals surface area (Å²) in [5.41, 5.74) is 1.01. The highest BCUT2D eigenvalue weighted by atomic mass is 35.5. The maximum atomic E-state index is 11.5. The van der Waals surface area contributed by atoms with E-state index in [1.807, 2.05) is 13.0 Å². The smallest absolute Gasteiger partial charge is 0.172 e. The SMILES string of the molecule is CCCCC(=O)c1cc(C)c(Cl)s1. The van der Waals surface area contributed by atoms with Crippen molar-refractivity contribution in [2.24, 2.45) is 0 Å². The van der Waals surface area contributed by atoms with Crippen LogP contribution in [0.5, 0.6) is 0 Å². The van der Waals surface area contributed by atoms with Crippen LogP contribution in [-0.4, -0.2) is 5.78 Å². The summed E-state index contributed by atoms with van der Waals surface area (Å²) in [4.78, 5) is 12.3. The Labute approximate surface area is 87.7 Å². The second-order valence-corrected chi connectivity index (χ2v) is 4.75. The van der Waals surface area contributed by atoms with Crippen molar-refractivity contribution in [2.75, 3.05) is 0 Å². The number of rotatable bonds is 4. The van der Waals surface area contributed by atoms with Crippen molar-refractivity contribution in [3.8, 4) is 0 Å². The zero-order valence-electron chi connectivity index (χ0n) is 7.89. The van der Waals surface area contributed by atoms with E-state index in [2.05, 4.69) is 6.92 Å². The maximum absolute atomic E-state index is 11.5. The minimum absolute atomic E-state index is 0.224. The van der Waals surface area contributed by atoms with Crippen LogP contribution < -0.4 is 0 Å². The molecule has 13 heavy (non-hydrogen) atoms. The molecule has 0 unspecified atom stereocenters. The molecule has 0 bridgehead atoms. The molecule has 0 radical (unpaired) electrons. The zero-order chi connectivity index (χ0) is 9.84. The molecule has 0 saturated carbocycles. The van der Waals surface area contributed by atoms with Crippen molar-refractivity contribution in [1.29, 1.82) is 0 Å². The fourth-order valence-corrected chi connectivity index (χ4v) is 2.23. The fraction of sp³-hybridized carbons (Fsp3) is 0.500. The normalized spacial score (nSPS) is 10.4. The average Bonchev–Trinajstić information content (AvgIpc) is 2.43. The first-order valence-electron chi connectivity index (χ1n) is 4.44. The van der Waals surface area contributed by atoms with E-state index in [1.54, 1.807) is 0 Å². The van der Waals surface area contributed by atoms with Gasteiger partial charge in [-0.05, 0) is 25.0 Å². The molecule has 1 aromatic heterocycles. The molecule has 0 aliphatic heterocycles. The Hall–Kier alpha value is -0.340. The van der Waals surface area contributed by atoms with E-state index in [0.29, 0.717) is 6.42 Å². The molecular formula is C10H13ClOS. The predicted molar refractivity (Wildman–Crippen MR) is 57.9 cm³/mol. The minimum atomic E-state index is 0.224. The molecule has 1 aromatic rings. The summed E-state index contributed by atoms with van der Waals surface area (Å²) in [6.45, 7) is 4.01. The summed E-state index contributed by atoms with van der Waals surface area (Å²) in [7, 11) is 0. The molecule has 0 atom stereocenters. The minimum Gasteiger partial charge on any atom is -0.293 e. The van der Waals surface area contributed by atoms with Gasteiger partial charge in [0.15, 0.2) is 5.78 Å². The highest BCUT2D eigenvalue weighted by Crippen LogP contribution is 2.27. The third kappa shape index (κ3) is 2.82. The largest absolute Gasteiger partial charge is 0.293 e. The van der Waals surface area contributed by atoms with Gasteiger partial charge in [0.2, 0.25) is 0 Å². The molecule has 3 heteroatoms. The molecule has 0 fully saturated rings. The molecular weight excluding hydrogens is 204 g/mol. The topological polar surface area (TPSA) is 17.1 Å². The van der Waals surface area contributed by atoms with Gasteiger partial charge in [-0.25, -0.2) is 0 Å². The van der Waals surface area contributed by atoms with E-state index >= 15 is 0 Å². The third-order valence-electron chi connectivity index (χ3n) is 1.89. The zero-order valence-corrected chi connectivity index (χ0v) is 9.47. The lowest BCUT2D eigenvalue weighted by atomic mass is 10.1. The van der Waals surface area contributed by atoms with Gasteiger partial charge in [0.25, 0.3) is 0 Å². The highest BCUT2D eigenvalue weighted by Gasteiger charge is 2.10. The molecule has 0 N–H and O–H groups in total. The van der Waals surface area contributed by atoms with E-state index in [-0.39, 0.29) is 5.78 Å². The summed E-state index contributed by atoms with van der Waals surface area (Å²) >= 11 is 7.26. The lowest BCUT2D eigenvalue weighted by Gasteiger charge is -1.93. The van der Waals surface area contributed by atoms with Crippen molar-refractivity contribution < 1.29 is 4.79 Å².